The maximum absolute atomic E-state index is 8.89. The standard InChI is InChI=1S/C8H6BrN3OS/c9-7-2-1-6(14-7)8(11-13)12-4-3-10-5-12/h1-5,13H. The minimum atomic E-state index is 0.471. The molecule has 0 bridgehead atoms. The van der Waals surface area contributed by atoms with Gasteiger partial charge in [0.25, 0.3) is 0 Å². The van der Waals surface area contributed by atoms with Gasteiger partial charge in [-0.1, -0.05) is 5.16 Å². The number of aromatic nitrogens is 2. The highest BCUT2D eigenvalue weighted by Crippen LogP contribution is 2.23. The van der Waals surface area contributed by atoms with Gasteiger partial charge in [-0.15, -0.1) is 11.3 Å². The van der Waals surface area contributed by atoms with Crippen molar-refractivity contribution in [2.45, 2.75) is 0 Å². The molecule has 0 saturated heterocycles. The third kappa shape index (κ3) is 1.71. The quantitative estimate of drug-likeness (QED) is 0.375. The first-order valence-electron chi connectivity index (χ1n) is 3.77. The van der Waals surface area contributed by atoms with Crippen molar-refractivity contribution in [3.05, 3.63) is 39.5 Å². The van der Waals surface area contributed by atoms with Crippen LogP contribution in [0.1, 0.15) is 4.88 Å². The highest BCUT2D eigenvalue weighted by Gasteiger charge is 2.08. The molecule has 0 radical (unpaired) electrons. The van der Waals surface area contributed by atoms with E-state index in [0.717, 1.165) is 8.66 Å². The fourth-order valence-corrected chi connectivity index (χ4v) is 2.42. The first-order valence-corrected chi connectivity index (χ1v) is 5.38. The summed E-state index contributed by atoms with van der Waals surface area (Å²) in [7, 11) is 0. The molecule has 0 aliphatic heterocycles. The van der Waals surface area contributed by atoms with Crippen molar-refractivity contribution in [2.24, 2.45) is 5.16 Å². The fourth-order valence-electron chi connectivity index (χ4n) is 1.05. The average molecular weight is 272 g/mol. The predicted molar refractivity (Wildman–Crippen MR) is 58.0 cm³/mol. The van der Waals surface area contributed by atoms with E-state index in [1.807, 2.05) is 12.1 Å². The van der Waals surface area contributed by atoms with Gasteiger partial charge < -0.3 is 5.21 Å². The van der Waals surface area contributed by atoms with Crippen molar-refractivity contribution in [2.75, 3.05) is 0 Å². The summed E-state index contributed by atoms with van der Waals surface area (Å²) >= 11 is 4.85. The second-order valence-corrected chi connectivity index (χ2v) is 4.96. The van der Waals surface area contributed by atoms with Crippen LogP contribution in [0.25, 0.3) is 0 Å². The zero-order valence-electron chi connectivity index (χ0n) is 6.96. The van der Waals surface area contributed by atoms with E-state index in [9.17, 15) is 0 Å². The Kier molecular flexibility index (Phi) is 2.64. The Labute approximate surface area is 92.6 Å². The summed E-state index contributed by atoms with van der Waals surface area (Å²) in [6.45, 7) is 0. The molecule has 0 unspecified atom stereocenters. The van der Waals surface area contributed by atoms with Gasteiger partial charge in [-0.25, -0.2) is 4.98 Å². The lowest BCUT2D eigenvalue weighted by Crippen LogP contribution is -2.09. The molecular formula is C8H6BrN3OS. The second-order valence-electron chi connectivity index (χ2n) is 2.50. The fraction of sp³-hybridized carbons (Fsp3) is 0. The summed E-state index contributed by atoms with van der Waals surface area (Å²) in [4.78, 5) is 4.76. The zero-order chi connectivity index (χ0) is 9.97. The maximum atomic E-state index is 8.89. The molecule has 4 nitrogen and oxygen atoms in total. The molecule has 6 heteroatoms. The molecule has 0 aromatic carbocycles. The molecule has 0 aliphatic rings. The SMILES string of the molecule is ON=C(c1ccc(Br)s1)n1ccnc1. The van der Waals surface area contributed by atoms with Crippen LogP contribution in [-0.4, -0.2) is 20.6 Å². The Balaban J connectivity index is 2.42. The molecule has 2 rings (SSSR count). The Morgan fingerprint density at radius 2 is 2.43 bits per heavy atom. The van der Waals surface area contributed by atoms with Gasteiger partial charge in [-0.3, -0.25) is 4.57 Å². The van der Waals surface area contributed by atoms with E-state index in [2.05, 4.69) is 26.1 Å². The van der Waals surface area contributed by atoms with Crippen LogP contribution in [0, 0.1) is 0 Å². The van der Waals surface area contributed by atoms with Crippen molar-refractivity contribution in [3.8, 4) is 0 Å². The number of halogens is 1. The van der Waals surface area contributed by atoms with E-state index in [1.165, 1.54) is 11.3 Å². The monoisotopic (exact) mass is 271 g/mol. The van der Waals surface area contributed by atoms with Crippen LogP contribution in [0.4, 0.5) is 0 Å². The molecule has 0 spiro atoms. The molecular weight excluding hydrogens is 266 g/mol. The summed E-state index contributed by atoms with van der Waals surface area (Å²) in [5.74, 6) is 0.471. The average Bonchev–Trinajstić information content (AvgIpc) is 2.79. The highest BCUT2D eigenvalue weighted by molar-refractivity contribution is 9.11. The predicted octanol–water partition coefficient (Wildman–Crippen LogP) is 2.39. The van der Waals surface area contributed by atoms with Gasteiger partial charge in [0.1, 0.15) is 6.33 Å². The summed E-state index contributed by atoms with van der Waals surface area (Å²) in [6, 6.07) is 3.78. The molecule has 0 atom stereocenters. The highest BCUT2D eigenvalue weighted by atomic mass is 79.9. The number of rotatable bonds is 1. The molecule has 0 amide bonds. The normalized spacial score (nSPS) is 11.9. The molecule has 14 heavy (non-hydrogen) atoms. The lowest BCUT2D eigenvalue weighted by molar-refractivity contribution is 0.317. The number of hydrogen-bond donors (Lipinski definition) is 1. The number of oxime groups is 1. The van der Waals surface area contributed by atoms with E-state index in [0.29, 0.717) is 5.84 Å². The van der Waals surface area contributed by atoms with E-state index >= 15 is 0 Å². The van der Waals surface area contributed by atoms with Crippen LogP contribution in [0.3, 0.4) is 0 Å². The van der Waals surface area contributed by atoms with Crippen LogP contribution >= 0.6 is 27.3 Å². The van der Waals surface area contributed by atoms with E-state index in [4.69, 9.17) is 5.21 Å². The number of hydrogen-bond acceptors (Lipinski definition) is 4. The molecule has 0 saturated carbocycles. The van der Waals surface area contributed by atoms with E-state index < -0.39 is 0 Å². The van der Waals surface area contributed by atoms with Gasteiger partial charge in [-0.2, -0.15) is 0 Å². The third-order valence-electron chi connectivity index (χ3n) is 1.64. The van der Waals surface area contributed by atoms with Crippen molar-refractivity contribution < 1.29 is 5.21 Å². The molecule has 2 heterocycles. The zero-order valence-corrected chi connectivity index (χ0v) is 9.36. The van der Waals surface area contributed by atoms with Crippen molar-refractivity contribution >= 4 is 33.1 Å². The topological polar surface area (TPSA) is 50.4 Å². The molecule has 2 aromatic heterocycles. The first-order chi connectivity index (χ1) is 6.81. The lowest BCUT2D eigenvalue weighted by Gasteiger charge is -2.00. The van der Waals surface area contributed by atoms with Crippen LogP contribution in [0.15, 0.2) is 39.8 Å². The molecule has 0 aliphatic carbocycles. The summed E-state index contributed by atoms with van der Waals surface area (Å²) in [6.07, 6.45) is 4.94. The Morgan fingerprint density at radius 3 is 2.93 bits per heavy atom. The minimum Gasteiger partial charge on any atom is -0.409 e. The smallest absolute Gasteiger partial charge is 0.194 e. The van der Waals surface area contributed by atoms with Gasteiger partial charge in [-0.05, 0) is 28.1 Å². The Bertz CT molecular complexity index is 449. The van der Waals surface area contributed by atoms with Gasteiger partial charge in [0.15, 0.2) is 5.84 Å². The first kappa shape index (κ1) is 9.42. The summed E-state index contributed by atoms with van der Waals surface area (Å²) in [5, 5.41) is 12.1. The Hall–Kier alpha value is -1.14. The molecule has 72 valence electrons. The lowest BCUT2D eigenvalue weighted by atomic mass is 10.4. The van der Waals surface area contributed by atoms with Gasteiger partial charge in [0.05, 0.1) is 8.66 Å². The minimum absolute atomic E-state index is 0.471. The Morgan fingerprint density at radius 1 is 1.57 bits per heavy atom. The van der Waals surface area contributed by atoms with E-state index in [-0.39, 0.29) is 0 Å². The summed E-state index contributed by atoms with van der Waals surface area (Å²) in [5.41, 5.74) is 0. The van der Waals surface area contributed by atoms with Gasteiger partial charge in [0, 0.05) is 12.4 Å². The van der Waals surface area contributed by atoms with E-state index in [1.54, 1.807) is 23.3 Å². The van der Waals surface area contributed by atoms with Gasteiger partial charge >= 0.3 is 0 Å². The number of thiophene rings is 1. The van der Waals surface area contributed by atoms with Crippen LogP contribution in [0.2, 0.25) is 0 Å². The largest absolute Gasteiger partial charge is 0.409 e. The second kappa shape index (κ2) is 3.93. The molecule has 1 N–H and O–H groups in total. The van der Waals surface area contributed by atoms with Crippen molar-refractivity contribution in [1.82, 2.24) is 9.55 Å². The maximum Gasteiger partial charge on any atom is 0.194 e. The molecule has 0 fully saturated rings. The third-order valence-corrected chi connectivity index (χ3v) is 3.26. The van der Waals surface area contributed by atoms with Gasteiger partial charge in [0.2, 0.25) is 0 Å². The number of nitrogens with zero attached hydrogens (tertiary/aromatic N) is 3. The van der Waals surface area contributed by atoms with Crippen LogP contribution in [0.5, 0.6) is 0 Å². The van der Waals surface area contributed by atoms with Crippen molar-refractivity contribution in [1.29, 1.82) is 0 Å². The van der Waals surface area contributed by atoms with Crippen LogP contribution < -0.4 is 0 Å². The summed E-state index contributed by atoms with van der Waals surface area (Å²) < 4.78 is 2.65. The number of imidazole rings is 1. The molecule has 2 aromatic rings. The van der Waals surface area contributed by atoms with Crippen molar-refractivity contribution in [3.63, 3.8) is 0 Å². The van der Waals surface area contributed by atoms with Crippen LogP contribution in [-0.2, 0) is 0 Å².